The fraction of sp³-hybridized carbons (Fsp3) is 0.500. The first-order chi connectivity index (χ1) is 11.9. The van der Waals surface area contributed by atoms with Crippen molar-refractivity contribution in [2.24, 2.45) is 0 Å². The van der Waals surface area contributed by atoms with Crippen LogP contribution >= 0.6 is 0 Å². The fourth-order valence-electron chi connectivity index (χ4n) is 2.75. The van der Waals surface area contributed by atoms with Crippen molar-refractivity contribution in [3.8, 4) is 0 Å². The number of carbonyl (C=O) groups excluding carboxylic acids is 1. The number of nitrogens with one attached hydrogen (secondary N) is 1. The summed E-state index contributed by atoms with van der Waals surface area (Å²) >= 11 is 0. The van der Waals surface area contributed by atoms with Crippen LogP contribution in [0.5, 0.6) is 0 Å². The van der Waals surface area contributed by atoms with E-state index in [9.17, 15) is 9.90 Å². The Morgan fingerprint density at radius 3 is 2.96 bits per heavy atom. The third-order valence-corrected chi connectivity index (χ3v) is 4.18. The molecule has 3 rings (SSSR count). The average Bonchev–Trinajstić information content (AvgIpc) is 3.20. The summed E-state index contributed by atoms with van der Waals surface area (Å²) in [7, 11) is 3.82. The summed E-state index contributed by atoms with van der Waals surface area (Å²) in [5, 5.41) is 13.5. The molecule has 1 fully saturated rings. The predicted molar refractivity (Wildman–Crippen MR) is 91.7 cm³/mol. The SMILES string of the molecule is Cc1nc(C(=O)NC[C@@]2(O)CCN(c3cc(N(C)C)ncn3)C2)co1. The van der Waals surface area contributed by atoms with Crippen molar-refractivity contribution in [3.63, 3.8) is 0 Å². The second-order valence-corrected chi connectivity index (χ2v) is 6.46. The highest BCUT2D eigenvalue weighted by Crippen LogP contribution is 2.26. The minimum Gasteiger partial charge on any atom is -0.448 e. The molecule has 1 amide bonds. The normalized spacial score (nSPS) is 19.9. The second-order valence-electron chi connectivity index (χ2n) is 6.46. The molecule has 3 heterocycles. The van der Waals surface area contributed by atoms with Gasteiger partial charge in [-0.3, -0.25) is 4.79 Å². The van der Waals surface area contributed by atoms with Gasteiger partial charge >= 0.3 is 0 Å². The van der Waals surface area contributed by atoms with Gasteiger partial charge in [0, 0.05) is 46.7 Å². The molecule has 25 heavy (non-hydrogen) atoms. The van der Waals surface area contributed by atoms with Crippen LogP contribution in [0.1, 0.15) is 22.8 Å². The van der Waals surface area contributed by atoms with Gasteiger partial charge in [0.1, 0.15) is 29.8 Å². The summed E-state index contributed by atoms with van der Waals surface area (Å²) in [6.45, 7) is 2.84. The lowest BCUT2D eigenvalue weighted by atomic mass is 10.0. The van der Waals surface area contributed by atoms with Gasteiger partial charge in [0.25, 0.3) is 5.91 Å². The smallest absolute Gasteiger partial charge is 0.273 e. The van der Waals surface area contributed by atoms with Gasteiger partial charge in [-0.25, -0.2) is 15.0 Å². The predicted octanol–water partition coefficient (Wildman–Crippen LogP) is 0.210. The Morgan fingerprint density at radius 1 is 1.48 bits per heavy atom. The van der Waals surface area contributed by atoms with E-state index in [2.05, 4.69) is 20.3 Å². The summed E-state index contributed by atoms with van der Waals surface area (Å²) < 4.78 is 5.03. The maximum absolute atomic E-state index is 12.0. The summed E-state index contributed by atoms with van der Waals surface area (Å²) in [4.78, 5) is 28.4. The van der Waals surface area contributed by atoms with Crippen LogP contribution in [-0.4, -0.2) is 65.3 Å². The van der Waals surface area contributed by atoms with Crippen LogP contribution in [-0.2, 0) is 0 Å². The third-order valence-electron chi connectivity index (χ3n) is 4.18. The molecule has 0 spiro atoms. The number of carbonyl (C=O) groups is 1. The molecule has 134 valence electrons. The van der Waals surface area contributed by atoms with E-state index < -0.39 is 5.60 Å². The Bertz CT molecular complexity index is 762. The van der Waals surface area contributed by atoms with Gasteiger partial charge in [-0.05, 0) is 6.42 Å². The molecule has 2 aromatic rings. The van der Waals surface area contributed by atoms with Crippen LogP contribution in [0.25, 0.3) is 0 Å². The lowest BCUT2D eigenvalue weighted by molar-refractivity contribution is 0.0574. The molecular formula is C16H22N6O3. The highest BCUT2D eigenvalue weighted by molar-refractivity contribution is 5.91. The van der Waals surface area contributed by atoms with Crippen molar-refractivity contribution < 1.29 is 14.3 Å². The van der Waals surface area contributed by atoms with Crippen molar-refractivity contribution in [3.05, 3.63) is 30.2 Å². The Balaban J connectivity index is 1.61. The zero-order chi connectivity index (χ0) is 18.0. The zero-order valence-electron chi connectivity index (χ0n) is 14.6. The topological polar surface area (TPSA) is 108 Å². The van der Waals surface area contributed by atoms with E-state index in [1.165, 1.54) is 12.6 Å². The number of β-amino-alcohol motifs (C(OH)–C–C–N with tert-alkyl or cyclic N) is 1. The van der Waals surface area contributed by atoms with Crippen LogP contribution in [0.3, 0.4) is 0 Å². The number of nitrogens with zero attached hydrogens (tertiary/aromatic N) is 5. The standard InChI is InChI=1S/C16H22N6O3/c1-11-20-12(7-25-11)15(23)17-8-16(24)4-5-22(9-16)14-6-13(21(2)3)18-10-19-14/h6-7,10,24H,4-5,8-9H2,1-3H3,(H,17,23)/t16-/m0/s1. The number of hydrogen-bond donors (Lipinski definition) is 2. The molecular weight excluding hydrogens is 324 g/mol. The van der Waals surface area contributed by atoms with E-state index in [4.69, 9.17) is 4.42 Å². The summed E-state index contributed by atoms with van der Waals surface area (Å²) in [5.41, 5.74) is -0.806. The number of amides is 1. The molecule has 1 saturated heterocycles. The van der Waals surface area contributed by atoms with Crippen molar-refractivity contribution in [2.75, 3.05) is 43.5 Å². The number of oxazole rings is 1. The highest BCUT2D eigenvalue weighted by Gasteiger charge is 2.37. The van der Waals surface area contributed by atoms with Crippen molar-refractivity contribution in [1.82, 2.24) is 20.3 Å². The maximum Gasteiger partial charge on any atom is 0.273 e. The first-order valence-corrected chi connectivity index (χ1v) is 8.03. The minimum atomic E-state index is -1.02. The van der Waals surface area contributed by atoms with Gasteiger partial charge in [0.2, 0.25) is 0 Å². The Hall–Kier alpha value is -2.68. The van der Waals surface area contributed by atoms with E-state index in [1.54, 1.807) is 6.92 Å². The van der Waals surface area contributed by atoms with Crippen molar-refractivity contribution in [1.29, 1.82) is 0 Å². The summed E-state index contributed by atoms with van der Waals surface area (Å²) in [5.74, 6) is 1.63. The Labute approximate surface area is 145 Å². The minimum absolute atomic E-state index is 0.139. The second kappa shape index (κ2) is 6.67. The summed E-state index contributed by atoms with van der Waals surface area (Å²) in [6, 6.07) is 1.88. The number of hydrogen-bond acceptors (Lipinski definition) is 8. The van der Waals surface area contributed by atoms with Crippen molar-refractivity contribution >= 4 is 17.5 Å². The largest absolute Gasteiger partial charge is 0.448 e. The van der Waals surface area contributed by atoms with E-state index in [1.807, 2.05) is 30.0 Å². The van der Waals surface area contributed by atoms with E-state index in [0.29, 0.717) is 25.4 Å². The van der Waals surface area contributed by atoms with Gasteiger partial charge in [-0.1, -0.05) is 0 Å². The number of aryl methyl sites for hydroxylation is 1. The lowest BCUT2D eigenvalue weighted by Gasteiger charge is -2.24. The molecule has 0 unspecified atom stereocenters. The van der Waals surface area contributed by atoms with E-state index in [0.717, 1.165) is 11.6 Å². The molecule has 2 N–H and O–H groups in total. The Morgan fingerprint density at radius 2 is 2.28 bits per heavy atom. The molecule has 1 atom stereocenters. The average molecular weight is 346 g/mol. The highest BCUT2D eigenvalue weighted by atomic mass is 16.3. The molecule has 0 aromatic carbocycles. The first kappa shape index (κ1) is 17.2. The van der Waals surface area contributed by atoms with Gasteiger partial charge < -0.3 is 24.6 Å². The monoisotopic (exact) mass is 346 g/mol. The zero-order valence-corrected chi connectivity index (χ0v) is 14.6. The molecule has 0 saturated carbocycles. The quantitative estimate of drug-likeness (QED) is 0.791. The molecule has 1 aliphatic rings. The third kappa shape index (κ3) is 3.87. The van der Waals surface area contributed by atoms with Crippen LogP contribution in [0, 0.1) is 6.92 Å². The van der Waals surface area contributed by atoms with Crippen LogP contribution < -0.4 is 15.1 Å². The number of rotatable bonds is 5. The maximum atomic E-state index is 12.0. The van der Waals surface area contributed by atoms with Crippen LogP contribution in [0.4, 0.5) is 11.6 Å². The molecule has 0 radical (unpaired) electrons. The van der Waals surface area contributed by atoms with Gasteiger partial charge in [0.05, 0.1) is 0 Å². The Kier molecular flexibility index (Phi) is 4.58. The number of anilines is 2. The molecule has 0 aliphatic carbocycles. The van der Waals surface area contributed by atoms with E-state index in [-0.39, 0.29) is 18.1 Å². The molecule has 2 aromatic heterocycles. The summed E-state index contributed by atoms with van der Waals surface area (Å²) in [6.07, 6.45) is 3.35. The first-order valence-electron chi connectivity index (χ1n) is 8.03. The van der Waals surface area contributed by atoms with E-state index >= 15 is 0 Å². The lowest BCUT2D eigenvalue weighted by Crippen LogP contribution is -2.45. The van der Waals surface area contributed by atoms with Crippen molar-refractivity contribution in [2.45, 2.75) is 18.9 Å². The molecule has 9 heteroatoms. The molecule has 0 bridgehead atoms. The van der Waals surface area contributed by atoms with Gasteiger partial charge in [-0.15, -0.1) is 0 Å². The fourth-order valence-corrected chi connectivity index (χ4v) is 2.75. The van der Waals surface area contributed by atoms with Gasteiger partial charge in [-0.2, -0.15) is 0 Å². The number of aliphatic hydroxyl groups is 1. The van der Waals surface area contributed by atoms with Crippen LogP contribution in [0.15, 0.2) is 23.1 Å². The number of aromatic nitrogens is 3. The molecule has 1 aliphatic heterocycles. The van der Waals surface area contributed by atoms with Gasteiger partial charge in [0.15, 0.2) is 11.6 Å². The molecule has 9 nitrogen and oxygen atoms in total. The van der Waals surface area contributed by atoms with Crippen LogP contribution in [0.2, 0.25) is 0 Å².